The van der Waals surface area contributed by atoms with E-state index >= 15 is 0 Å². The number of amides is 2. The van der Waals surface area contributed by atoms with Crippen LogP contribution in [0.1, 0.15) is 34.1 Å². The van der Waals surface area contributed by atoms with Crippen LogP contribution in [0.5, 0.6) is 0 Å². The van der Waals surface area contributed by atoms with Gasteiger partial charge in [-0.05, 0) is 30.7 Å². The third-order valence-corrected chi connectivity index (χ3v) is 4.67. The summed E-state index contributed by atoms with van der Waals surface area (Å²) < 4.78 is 5.07. The lowest BCUT2D eigenvalue weighted by Crippen LogP contribution is -2.25. The average molecular weight is 372 g/mol. The van der Waals surface area contributed by atoms with Gasteiger partial charge in [0, 0.05) is 24.3 Å². The van der Waals surface area contributed by atoms with Crippen molar-refractivity contribution < 1.29 is 14.3 Å². The van der Waals surface area contributed by atoms with Crippen LogP contribution in [0.4, 0.5) is 5.69 Å². The molecule has 2 N–H and O–H groups in total. The minimum atomic E-state index is -0.235. The largest absolute Gasteiger partial charge is 0.384 e. The first kappa shape index (κ1) is 20.0. The van der Waals surface area contributed by atoms with Gasteiger partial charge in [-0.3, -0.25) is 9.59 Å². The Labute approximate surface area is 158 Å². The van der Waals surface area contributed by atoms with Crippen LogP contribution in [0.25, 0.3) is 0 Å². The summed E-state index contributed by atoms with van der Waals surface area (Å²) in [6.07, 6.45) is 0.854. The fourth-order valence-electron chi connectivity index (χ4n) is 2.33. The molecule has 0 saturated carbocycles. The van der Waals surface area contributed by atoms with Crippen molar-refractivity contribution in [3.63, 3.8) is 0 Å². The van der Waals surface area contributed by atoms with Crippen LogP contribution < -0.4 is 10.6 Å². The fraction of sp³-hybridized carbons (Fsp3) is 0.300. The monoisotopic (exact) mass is 372 g/mol. The Bertz CT molecular complexity index is 749. The summed E-state index contributed by atoms with van der Waals surface area (Å²) in [6.45, 7) is 3.20. The molecule has 0 radical (unpaired) electrons. The Balaban J connectivity index is 2.17. The maximum absolute atomic E-state index is 12.8. The highest BCUT2D eigenvalue weighted by Crippen LogP contribution is 2.24. The lowest BCUT2D eigenvalue weighted by molar-refractivity contribution is 0.0954. The molecule has 0 saturated heterocycles. The van der Waals surface area contributed by atoms with Gasteiger partial charge in [-0.15, -0.1) is 11.8 Å². The molecule has 0 bridgehead atoms. The van der Waals surface area contributed by atoms with E-state index in [-0.39, 0.29) is 11.8 Å². The molecule has 0 aromatic heterocycles. The van der Waals surface area contributed by atoms with Gasteiger partial charge in [0.05, 0.1) is 23.4 Å². The summed E-state index contributed by atoms with van der Waals surface area (Å²) in [4.78, 5) is 26.0. The molecule has 2 amide bonds. The lowest BCUT2D eigenvalue weighted by Gasteiger charge is -2.13. The number of benzene rings is 2. The standard InChI is InChI=1S/C20H24N2O3S/c1-3-12-21-19(23)15-8-4-6-10-17(15)22-20(24)16-9-5-7-11-18(16)26-14-13-25-2/h4-11H,3,12-14H2,1-2H3,(H,21,23)(H,22,24). The number of anilines is 1. The van der Waals surface area contributed by atoms with Gasteiger partial charge in [-0.25, -0.2) is 0 Å². The summed E-state index contributed by atoms with van der Waals surface area (Å²) in [7, 11) is 1.65. The highest BCUT2D eigenvalue weighted by molar-refractivity contribution is 7.99. The van der Waals surface area contributed by atoms with Crippen molar-refractivity contribution in [1.29, 1.82) is 0 Å². The van der Waals surface area contributed by atoms with Crippen LogP contribution in [-0.4, -0.2) is 37.8 Å². The van der Waals surface area contributed by atoms with E-state index in [2.05, 4.69) is 10.6 Å². The van der Waals surface area contributed by atoms with Crippen LogP contribution in [0.3, 0.4) is 0 Å². The molecule has 138 valence electrons. The van der Waals surface area contributed by atoms with Gasteiger partial charge in [0.2, 0.25) is 0 Å². The van der Waals surface area contributed by atoms with E-state index in [1.165, 1.54) is 0 Å². The lowest BCUT2D eigenvalue weighted by atomic mass is 10.1. The predicted octanol–water partition coefficient (Wildman–Crippen LogP) is 3.82. The summed E-state index contributed by atoms with van der Waals surface area (Å²) in [5.41, 5.74) is 1.54. The first-order chi connectivity index (χ1) is 12.7. The molecule has 0 aliphatic rings. The molecule has 2 aromatic rings. The second kappa shape index (κ2) is 10.6. The van der Waals surface area contributed by atoms with Gasteiger partial charge in [-0.2, -0.15) is 0 Å². The third kappa shape index (κ3) is 5.61. The minimum absolute atomic E-state index is 0.189. The van der Waals surface area contributed by atoms with Crippen LogP contribution >= 0.6 is 11.8 Å². The molecule has 0 atom stereocenters. The highest BCUT2D eigenvalue weighted by atomic mass is 32.2. The quantitative estimate of drug-likeness (QED) is 0.519. The summed E-state index contributed by atoms with van der Waals surface area (Å²) in [6, 6.07) is 14.4. The number of carbonyl (C=O) groups excluding carboxylic acids is 2. The third-order valence-electron chi connectivity index (χ3n) is 3.63. The maximum atomic E-state index is 12.8. The van der Waals surface area contributed by atoms with Crippen molar-refractivity contribution in [3.05, 3.63) is 59.7 Å². The number of hydrogen-bond donors (Lipinski definition) is 2. The first-order valence-electron chi connectivity index (χ1n) is 8.56. The summed E-state index contributed by atoms with van der Waals surface area (Å²) >= 11 is 1.57. The Morgan fingerprint density at radius 3 is 2.42 bits per heavy atom. The van der Waals surface area contributed by atoms with Crippen molar-refractivity contribution in [3.8, 4) is 0 Å². The molecule has 6 heteroatoms. The molecule has 0 fully saturated rings. The molecule has 2 aromatic carbocycles. The summed E-state index contributed by atoms with van der Waals surface area (Å²) in [5, 5.41) is 5.71. The second-order valence-electron chi connectivity index (χ2n) is 5.59. The molecule has 0 aliphatic heterocycles. The molecule has 5 nitrogen and oxygen atoms in total. The van der Waals surface area contributed by atoms with Crippen LogP contribution in [0.2, 0.25) is 0 Å². The number of rotatable bonds is 9. The number of carbonyl (C=O) groups is 2. The Kier molecular flexibility index (Phi) is 8.18. The van der Waals surface area contributed by atoms with E-state index in [4.69, 9.17) is 4.74 Å². The van der Waals surface area contributed by atoms with Crippen molar-refractivity contribution in [1.82, 2.24) is 5.32 Å². The Morgan fingerprint density at radius 1 is 1.00 bits per heavy atom. The molecule has 26 heavy (non-hydrogen) atoms. The summed E-state index contributed by atoms with van der Waals surface area (Å²) in [5.74, 6) is 0.336. The number of methoxy groups -OCH3 is 1. The van der Waals surface area contributed by atoms with Gasteiger partial charge in [0.25, 0.3) is 11.8 Å². The van der Waals surface area contributed by atoms with Crippen LogP contribution in [-0.2, 0) is 4.74 Å². The number of ether oxygens (including phenoxy) is 1. The maximum Gasteiger partial charge on any atom is 0.256 e. The predicted molar refractivity (Wildman–Crippen MR) is 106 cm³/mol. The normalized spacial score (nSPS) is 10.4. The Hall–Kier alpha value is -2.31. The SMILES string of the molecule is CCCNC(=O)c1ccccc1NC(=O)c1ccccc1SCCOC. The van der Waals surface area contributed by atoms with E-state index in [1.54, 1.807) is 49.2 Å². The van der Waals surface area contributed by atoms with Crippen molar-refractivity contribution in [2.45, 2.75) is 18.2 Å². The van der Waals surface area contributed by atoms with Gasteiger partial charge in [0.1, 0.15) is 0 Å². The number of hydrogen-bond acceptors (Lipinski definition) is 4. The fourth-order valence-corrected chi connectivity index (χ4v) is 3.29. The highest BCUT2D eigenvalue weighted by Gasteiger charge is 2.16. The molecule has 2 rings (SSSR count). The van der Waals surface area contributed by atoms with Gasteiger partial charge in [-0.1, -0.05) is 31.2 Å². The van der Waals surface area contributed by atoms with Crippen molar-refractivity contribution in [2.75, 3.05) is 31.3 Å². The molecule has 0 unspecified atom stereocenters. The van der Waals surface area contributed by atoms with Gasteiger partial charge in [0.15, 0.2) is 0 Å². The number of thioether (sulfide) groups is 1. The Morgan fingerprint density at radius 2 is 1.69 bits per heavy atom. The molecular formula is C20H24N2O3S. The van der Waals surface area contributed by atoms with E-state index in [0.29, 0.717) is 30.0 Å². The van der Waals surface area contributed by atoms with Crippen molar-refractivity contribution >= 4 is 29.3 Å². The van der Waals surface area contributed by atoms with E-state index < -0.39 is 0 Å². The van der Waals surface area contributed by atoms with Crippen molar-refractivity contribution in [2.24, 2.45) is 0 Å². The zero-order chi connectivity index (χ0) is 18.8. The van der Waals surface area contributed by atoms with Gasteiger partial charge >= 0.3 is 0 Å². The first-order valence-corrected chi connectivity index (χ1v) is 9.55. The second-order valence-corrected chi connectivity index (χ2v) is 6.73. The molecule has 0 aliphatic carbocycles. The van der Waals surface area contributed by atoms with E-state index in [1.807, 2.05) is 25.1 Å². The zero-order valence-electron chi connectivity index (χ0n) is 15.1. The van der Waals surface area contributed by atoms with Crippen LogP contribution in [0, 0.1) is 0 Å². The number of nitrogens with one attached hydrogen (secondary N) is 2. The molecule has 0 heterocycles. The topological polar surface area (TPSA) is 67.4 Å². The average Bonchev–Trinajstić information content (AvgIpc) is 2.67. The van der Waals surface area contributed by atoms with E-state index in [9.17, 15) is 9.59 Å². The zero-order valence-corrected chi connectivity index (χ0v) is 15.9. The van der Waals surface area contributed by atoms with E-state index in [0.717, 1.165) is 17.1 Å². The molecule has 0 spiro atoms. The minimum Gasteiger partial charge on any atom is -0.384 e. The molecular weight excluding hydrogens is 348 g/mol. The smallest absolute Gasteiger partial charge is 0.256 e. The number of para-hydroxylation sites is 1. The van der Waals surface area contributed by atoms with Gasteiger partial charge < -0.3 is 15.4 Å². The van der Waals surface area contributed by atoms with Crippen LogP contribution in [0.15, 0.2) is 53.4 Å².